The van der Waals surface area contributed by atoms with Crippen LogP contribution in [0.3, 0.4) is 0 Å². The van der Waals surface area contributed by atoms with Crippen molar-refractivity contribution in [3.8, 4) is 17.2 Å². The van der Waals surface area contributed by atoms with Crippen molar-refractivity contribution in [1.82, 2.24) is 5.32 Å². The maximum absolute atomic E-state index is 6.07. The Labute approximate surface area is 220 Å². The minimum absolute atomic E-state index is 0.278. The third-order valence-corrected chi connectivity index (χ3v) is 6.36. The molecule has 1 heterocycles. The van der Waals surface area contributed by atoms with Crippen molar-refractivity contribution in [2.24, 2.45) is 0 Å². The molecule has 0 bridgehead atoms. The fraction of sp³-hybridized carbons (Fsp3) is 0.400. The summed E-state index contributed by atoms with van der Waals surface area (Å²) in [5.41, 5.74) is 3.44. The van der Waals surface area contributed by atoms with Gasteiger partial charge in [-0.15, -0.1) is 0 Å². The van der Waals surface area contributed by atoms with Gasteiger partial charge in [0.1, 0.15) is 17.2 Å². The Morgan fingerprint density at radius 3 is 2.32 bits per heavy atom. The van der Waals surface area contributed by atoms with Gasteiger partial charge in [0.05, 0.1) is 53.3 Å². The van der Waals surface area contributed by atoms with Gasteiger partial charge in [0, 0.05) is 31.7 Å². The molecular weight excluding hydrogens is 468 g/mol. The summed E-state index contributed by atoms with van der Waals surface area (Å²) in [6.45, 7) is 5.89. The number of anilines is 1. The summed E-state index contributed by atoms with van der Waals surface area (Å²) >= 11 is 0. The summed E-state index contributed by atoms with van der Waals surface area (Å²) < 4.78 is 28.2. The molecule has 7 heteroatoms. The molecule has 0 aromatic heterocycles. The molecule has 1 aliphatic rings. The second-order valence-corrected chi connectivity index (χ2v) is 9.01. The molecule has 3 aromatic carbocycles. The van der Waals surface area contributed by atoms with E-state index in [9.17, 15) is 0 Å². The molecule has 7 nitrogen and oxygen atoms in total. The third kappa shape index (κ3) is 8.39. The van der Waals surface area contributed by atoms with Gasteiger partial charge in [-0.05, 0) is 59.7 Å². The predicted octanol–water partition coefficient (Wildman–Crippen LogP) is 4.68. The van der Waals surface area contributed by atoms with Crippen LogP contribution in [-0.2, 0) is 22.7 Å². The standard InChI is InChI=1S/C30H38N2O5/c1-33-28-11-7-24(8-12-28)21-36-23-27-20-31-15-16-32(27)26-9-13-29(14-10-26)37-18-4-17-35-22-25-5-3-6-30(19-25)34-2/h3,5-14,19,27,31H,4,15-18,20-23H2,1-2H3/t27-/m1/s1. The van der Waals surface area contributed by atoms with Gasteiger partial charge < -0.3 is 33.9 Å². The van der Waals surface area contributed by atoms with E-state index in [2.05, 4.69) is 22.3 Å². The Bertz CT molecular complexity index is 1060. The maximum atomic E-state index is 6.07. The maximum Gasteiger partial charge on any atom is 0.119 e. The summed E-state index contributed by atoms with van der Waals surface area (Å²) in [6, 6.07) is 24.6. The summed E-state index contributed by atoms with van der Waals surface area (Å²) in [5, 5.41) is 3.49. The van der Waals surface area contributed by atoms with Crippen molar-refractivity contribution < 1.29 is 23.7 Å². The van der Waals surface area contributed by atoms with E-state index >= 15 is 0 Å². The minimum atomic E-state index is 0.278. The van der Waals surface area contributed by atoms with Crippen molar-refractivity contribution in [3.05, 3.63) is 83.9 Å². The van der Waals surface area contributed by atoms with Gasteiger partial charge in [-0.1, -0.05) is 24.3 Å². The molecule has 1 atom stereocenters. The Kier molecular flexibility index (Phi) is 10.5. The number of ether oxygens (including phenoxy) is 5. The average molecular weight is 507 g/mol. The van der Waals surface area contributed by atoms with Crippen LogP contribution in [0.4, 0.5) is 5.69 Å². The lowest BCUT2D eigenvalue weighted by molar-refractivity contribution is 0.102. The lowest BCUT2D eigenvalue weighted by Crippen LogP contribution is -2.53. The molecule has 1 aliphatic heterocycles. The van der Waals surface area contributed by atoms with Crippen LogP contribution in [0.15, 0.2) is 72.8 Å². The van der Waals surface area contributed by atoms with Gasteiger partial charge in [0.15, 0.2) is 0 Å². The van der Waals surface area contributed by atoms with Crippen LogP contribution < -0.4 is 24.4 Å². The Hall–Kier alpha value is -3.26. The molecule has 1 fully saturated rings. The van der Waals surface area contributed by atoms with E-state index in [4.69, 9.17) is 23.7 Å². The van der Waals surface area contributed by atoms with Crippen LogP contribution in [0, 0.1) is 0 Å². The zero-order valence-corrected chi connectivity index (χ0v) is 21.9. The van der Waals surface area contributed by atoms with E-state index in [0.717, 1.165) is 54.4 Å². The van der Waals surface area contributed by atoms with Crippen molar-refractivity contribution in [3.63, 3.8) is 0 Å². The number of piperazine rings is 1. The van der Waals surface area contributed by atoms with Crippen molar-refractivity contribution >= 4 is 5.69 Å². The largest absolute Gasteiger partial charge is 0.497 e. The fourth-order valence-corrected chi connectivity index (χ4v) is 4.32. The van der Waals surface area contributed by atoms with E-state index in [1.165, 1.54) is 5.69 Å². The molecular formula is C30H38N2O5. The van der Waals surface area contributed by atoms with Crippen LogP contribution in [0.25, 0.3) is 0 Å². The summed E-state index contributed by atoms with van der Waals surface area (Å²) in [6.07, 6.45) is 0.830. The summed E-state index contributed by atoms with van der Waals surface area (Å²) in [5.74, 6) is 2.58. The van der Waals surface area contributed by atoms with Crippen LogP contribution >= 0.6 is 0 Å². The number of methoxy groups -OCH3 is 2. The van der Waals surface area contributed by atoms with Crippen LogP contribution in [-0.4, -0.2) is 59.7 Å². The van der Waals surface area contributed by atoms with Gasteiger partial charge in [-0.2, -0.15) is 0 Å². The number of nitrogens with zero attached hydrogens (tertiary/aromatic N) is 1. The van der Waals surface area contributed by atoms with E-state index in [-0.39, 0.29) is 6.04 Å². The van der Waals surface area contributed by atoms with Crippen molar-refractivity contribution in [2.75, 3.05) is 58.6 Å². The summed E-state index contributed by atoms with van der Waals surface area (Å²) in [7, 11) is 3.35. The highest BCUT2D eigenvalue weighted by atomic mass is 16.5. The first kappa shape index (κ1) is 26.8. The number of hydrogen-bond donors (Lipinski definition) is 1. The van der Waals surface area contributed by atoms with Gasteiger partial charge in [-0.25, -0.2) is 0 Å². The predicted molar refractivity (Wildman–Crippen MR) is 146 cm³/mol. The highest BCUT2D eigenvalue weighted by Gasteiger charge is 2.22. The monoisotopic (exact) mass is 506 g/mol. The molecule has 0 spiro atoms. The van der Waals surface area contributed by atoms with Crippen molar-refractivity contribution in [1.29, 1.82) is 0 Å². The average Bonchev–Trinajstić information content (AvgIpc) is 2.96. The Morgan fingerprint density at radius 2 is 1.54 bits per heavy atom. The van der Waals surface area contributed by atoms with Gasteiger partial charge in [0.2, 0.25) is 0 Å². The molecule has 0 amide bonds. The third-order valence-electron chi connectivity index (χ3n) is 6.36. The van der Waals surface area contributed by atoms with Gasteiger partial charge >= 0.3 is 0 Å². The molecule has 198 valence electrons. The zero-order chi connectivity index (χ0) is 25.7. The van der Waals surface area contributed by atoms with Gasteiger partial charge in [0.25, 0.3) is 0 Å². The molecule has 0 radical (unpaired) electrons. The lowest BCUT2D eigenvalue weighted by Gasteiger charge is -2.38. The Balaban J connectivity index is 1.17. The normalized spacial score (nSPS) is 15.4. The fourth-order valence-electron chi connectivity index (χ4n) is 4.32. The number of hydrogen-bond acceptors (Lipinski definition) is 7. The smallest absolute Gasteiger partial charge is 0.119 e. The van der Waals surface area contributed by atoms with E-state index in [1.54, 1.807) is 14.2 Å². The van der Waals surface area contributed by atoms with E-state index in [1.807, 2.05) is 60.7 Å². The first-order chi connectivity index (χ1) is 18.2. The first-order valence-corrected chi connectivity index (χ1v) is 12.9. The molecule has 3 aromatic rings. The molecule has 0 saturated carbocycles. The second-order valence-electron chi connectivity index (χ2n) is 9.01. The molecule has 0 unspecified atom stereocenters. The molecule has 1 N–H and O–H groups in total. The molecule has 1 saturated heterocycles. The number of rotatable bonds is 14. The quantitative estimate of drug-likeness (QED) is 0.319. The van der Waals surface area contributed by atoms with Gasteiger partial charge in [-0.3, -0.25) is 0 Å². The minimum Gasteiger partial charge on any atom is -0.497 e. The first-order valence-electron chi connectivity index (χ1n) is 12.9. The van der Waals surface area contributed by atoms with E-state index in [0.29, 0.717) is 33.0 Å². The molecule has 37 heavy (non-hydrogen) atoms. The zero-order valence-electron chi connectivity index (χ0n) is 21.9. The topological polar surface area (TPSA) is 61.4 Å². The SMILES string of the molecule is COc1ccc(COC[C@H]2CNCCN2c2ccc(OCCCOCc3cccc(OC)c3)cc2)cc1. The van der Waals surface area contributed by atoms with Crippen LogP contribution in [0.1, 0.15) is 17.5 Å². The van der Waals surface area contributed by atoms with E-state index < -0.39 is 0 Å². The van der Waals surface area contributed by atoms with Crippen LogP contribution in [0.2, 0.25) is 0 Å². The summed E-state index contributed by atoms with van der Waals surface area (Å²) in [4.78, 5) is 2.42. The number of nitrogens with one attached hydrogen (secondary N) is 1. The van der Waals surface area contributed by atoms with Crippen LogP contribution in [0.5, 0.6) is 17.2 Å². The molecule has 0 aliphatic carbocycles. The Morgan fingerprint density at radius 1 is 0.784 bits per heavy atom. The highest BCUT2D eigenvalue weighted by molar-refractivity contribution is 5.50. The van der Waals surface area contributed by atoms with Crippen molar-refractivity contribution in [2.45, 2.75) is 25.7 Å². The lowest BCUT2D eigenvalue weighted by atomic mass is 10.1. The number of benzene rings is 3. The highest BCUT2D eigenvalue weighted by Crippen LogP contribution is 2.23. The molecule has 4 rings (SSSR count). The second kappa shape index (κ2) is 14.5.